The molecule has 8 heteroatoms. The van der Waals surface area contributed by atoms with Gasteiger partial charge >= 0.3 is 0 Å². The van der Waals surface area contributed by atoms with Gasteiger partial charge in [0, 0.05) is 5.56 Å². The van der Waals surface area contributed by atoms with Crippen LogP contribution in [0, 0.1) is 0 Å². The van der Waals surface area contributed by atoms with Crippen LogP contribution >= 0.6 is 11.8 Å². The minimum atomic E-state index is -0.425. The number of nitrogens with zero attached hydrogens (tertiary/aromatic N) is 2. The van der Waals surface area contributed by atoms with Crippen LogP contribution < -0.4 is 5.43 Å². The number of carbonyl (C=O) groups excluding carboxylic acids is 1. The van der Waals surface area contributed by atoms with E-state index in [-0.39, 0.29) is 5.75 Å². The highest BCUT2D eigenvalue weighted by Gasteiger charge is 2.08. The molecule has 0 fully saturated rings. The molecule has 7 nitrogen and oxygen atoms in total. The van der Waals surface area contributed by atoms with Crippen LogP contribution in [0.25, 0.3) is 11.0 Å². The number of hydrogen-bond acceptors (Lipinski definition) is 6. The predicted octanol–water partition coefficient (Wildman–Crippen LogP) is 3.78. The van der Waals surface area contributed by atoms with Crippen LogP contribution in [0.2, 0.25) is 0 Å². The van der Waals surface area contributed by atoms with E-state index in [1.807, 2.05) is 24.3 Å². The second-order valence-corrected chi connectivity index (χ2v) is 6.56. The fourth-order valence-electron chi connectivity index (χ4n) is 2.40. The molecule has 0 radical (unpaired) electrons. The molecule has 0 bridgehead atoms. The summed E-state index contributed by atoms with van der Waals surface area (Å²) in [6.45, 7) is 0. The Balaban J connectivity index is 1.39. The number of fused-ring (bicyclic) bond motifs is 1. The van der Waals surface area contributed by atoms with Crippen LogP contribution in [0.3, 0.4) is 0 Å². The van der Waals surface area contributed by atoms with Crippen molar-refractivity contribution in [3.63, 3.8) is 0 Å². The van der Waals surface area contributed by atoms with Gasteiger partial charge in [0.15, 0.2) is 10.2 Å². The monoisotopic (exact) mass is 378 g/mol. The van der Waals surface area contributed by atoms with Crippen molar-refractivity contribution in [2.24, 2.45) is 5.10 Å². The van der Waals surface area contributed by atoms with Gasteiger partial charge in [-0.2, -0.15) is 5.10 Å². The average molecular weight is 378 g/mol. The molecule has 0 saturated carbocycles. The van der Waals surface area contributed by atoms with E-state index in [1.165, 1.54) is 30.1 Å². The highest BCUT2D eigenvalue weighted by atomic mass is 32.2. The lowest BCUT2D eigenvalue weighted by Crippen LogP contribution is -2.17. The van der Waals surface area contributed by atoms with Gasteiger partial charge in [0.25, 0.3) is 5.91 Å². The van der Waals surface area contributed by atoms with Gasteiger partial charge in [0.1, 0.15) is 11.5 Å². The molecule has 2 aromatic heterocycles. The third-order valence-corrected chi connectivity index (χ3v) is 4.44. The highest BCUT2D eigenvalue weighted by molar-refractivity contribution is 7.99. The number of para-hydroxylation sites is 2. The lowest BCUT2D eigenvalue weighted by molar-refractivity contribution is 0.0954. The number of imidazole rings is 1. The molecule has 0 aliphatic rings. The fraction of sp³-hybridized carbons (Fsp3) is 0. The number of nitrogens with one attached hydrogen (secondary N) is 2. The molecule has 0 atom stereocenters. The van der Waals surface area contributed by atoms with Crippen molar-refractivity contribution >= 4 is 34.9 Å². The first-order valence-corrected chi connectivity index (χ1v) is 8.84. The Labute approximate surface area is 158 Å². The summed E-state index contributed by atoms with van der Waals surface area (Å²) in [6, 6.07) is 17.3. The van der Waals surface area contributed by atoms with Gasteiger partial charge in [0.05, 0.1) is 17.2 Å². The summed E-state index contributed by atoms with van der Waals surface area (Å²) in [5.74, 6) is 0.0836. The lowest BCUT2D eigenvalue weighted by Gasteiger charge is -1.99. The lowest BCUT2D eigenvalue weighted by atomic mass is 10.2. The molecule has 27 heavy (non-hydrogen) atoms. The first-order valence-electron chi connectivity index (χ1n) is 8.02. The summed E-state index contributed by atoms with van der Waals surface area (Å²) in [5.41, 5.74) is 4.55. The van der Waals surface area contributed by atoms with E-state index in [1.54, 1.807) is 24.3 Å². The Morgan fingerprint density at radius 2 is 2.07 bits per heavy atom. The van der Waals surface area contributed by atoms with Gasteiger partial charge < -0.3 is 14.5 Å². The normalized spacial score (nSPS) is 11.3. The van der Waals surface area contributed by atoms with Crippen molar-refractivity contribution in [3.05, 3.63) is 72.0 Å². The number of hydrazone groups is 1. The summed E-state index contributed by atoms with van der Waals surface area (Å²) in [7, 11) is 0. The molecule has 2 heterocycles. The molecule has 0 aliphatic carbocycles. The Bertz CT molecular complexity index is 1100. The number of phenols is 1. The van der Waals surface area contributed by atoms with E-state index in [0.29, 0.717) is 16.4 Å². The van der Waals surface area contributed by atoms with Crippen molar-refractivity contribution in [2.75, 3.05) is 0 Å². The zero-order valence-electron chi connectivity index (χ0n) is 13.9. The maximum atomic E-state index is 11.9. The van der Waals surface area contributed by atoms with E-state index >= 15 is 0 Å². The minimum Gasteiger partial charge on any atom is -0.508 e. The maximum Gasteiger partial charge on any atom is 0.271 e. The smallest absolute Gasteiger partial charge is 0.271 e. The molecule has 0 spiro atoms. The van der Waals surface area contributed by atoms with Crippen LogP contribution in [0.5, 0.6) is 5.75 Å². The summed E-state index contributed by atoms with van der Waals surface area (Å²) < 4.78 is 5.65. The Morgan fingerprint density at radius 1 is 1.19 bits per heavy atom. The first-order chi connectivity index (χ1) is 13.2. The number of aromatic nitrogens is 2. The van der Waals surface area contributed by atoms with Crippen molar-refractivity contribution in [1.82, 2.24) is 15.4 Å². The second kappa shape index (κ2) is 7.38. The molecule has 0 aliphatic heterocycles. The maximum absolute atomic E-state index is 11.9. The SMILES string of the molecule is O=C(N/N=C/c1ccc(Sc2nc3ccccc3[nH]2)o1)c1cccc(O)c1. The fourth-order valence-corrected chi connectivity index (χ4v) is 3.17. The van der Waals surface area contributed by atoms with Crippen molar-refractivity contribution in [3.8, 4) is 5.75 Å². The molecule has 134 valence electrons. The van der Waals surface area contributed by atoms with E-state index in [2.05, 4.69) is 20.5 Å². The van der Waals surface area contributed by atoms with Crippen molar-refractivity contribution in [1.29, 1.82) is 0 Å². The molecular formula is C19H14N4O3S. The Hall–Kier alpha value is -3.52. The number of furan rings is 1. The van der Waals surface area contributed by atoms with Gasteiger partial charge in [-0.25, -0.2) is 10.4 Å². The number of aromatic amines is 1. The predicted molar refractivity (Wildman–Crippen MR) is 102 cm³/mol. The highest BCUT2D eigenvalue weighted by Crippen LogP contribution is 2.28. The van der Waals surface area contributed by atoms with Gasteiger partial charge in [-0.1, -0.05) is 18.2 Å². The summed E-state index contributed by atoms with van der Waals surface area (Å²) in [4.78, 5) is 19.6. The average Bonchev–Trinajstić information content (AvgIpc) is 3.28. The molecule has 0 unspecified atom stereocenters. The van der Waals surface area contributed by atoms with E-state index in [4.69, 9.17) is 4.42 Å². The number of rotatable bonds is 5. The molecule has 4 rings (SSSR count). The molecule has 2 aromatic carbocycles. The number of hydrogen-bond donors (Lipinski definition) is 3. The van der Waals surface area contributed by atoms with Crippen molar-refractivity contribution in [2.45, 2.75) is 10.2 Å². The molecule has 0 saturated heterocycles. The van der Waals surface area contributed by atoms with Crippen molar-refractivity contribution < 1.29 is 14.3 Å². The zero-order chi connectivity index (χ0) is 18.6. The van der Waals surface area contributed by atoms with Crippen LogP contribution in [0.1, 0.15) is 16.1 Å². The molecular weight excluding hydrogens is 364 g/mol. The van der Waals surface area contributed by atoms with E-state index in [0.717, 1.165) is 16.2 Å². The van der Waals surface area contributed by atoms with Gasteiger partial charge in [-0.05, 0) is 54.2 Å². The van der Waals surface area contributed by atoms with E-state index in [9.17, 15) is 9.90 Å². The second-order valence-electron chi connectivity index (χ2n) is 5.57. The van der Waals surface area contributed by atoms with Gasteiger partial charge in [-0.3, -0.25) is 4.79 Å². The minimum absolute atomic E-state index is 0.0184. The van der Waals surface area contributed by atoms with E-state index < -0.39 is 5.91 Å². The van der Waals surface area contributed by atoms with Crippen LogP contribution in [-0.2, 0) is 0 Å². The molecule has 4 aromatic rings. The topological polar surface area (TPSA) is 104 Å². The van der Waals surface area contributed by atoms with Crippen LogP contribution in [-0.4, -0.2) is 27.2 Å². The Kier molecular flexibility index (Phi) is 4.63. The summed E-state index contributed by atoms with van der Waals surface area (Å²) in [5, 5.41) is 14.6. The third-order valence-electron chi connectivity index (χ3n) is 3.63. The number of phenolic OH excluding ortho intramolecular Hbond substituents is 1. The van der Waals surface area contributed by atoms with Crippen LogP contribution in [0.15, 0.2) is 80.4 Å². The Morgan fingerprint density at radius 3 is 2.93 bits per heavy atom. The third kappa shape index (κ3) is 4.01. The van der Waals surface area contributed by atoms with Gasteiger partial charge in [-0.15, -0.1) is 0 Å². The number of aromatic hydroxyl groups is 1. The largest absolute Gasteiger partial charge is 0.508 e. The number of benzene rings is 2. The zero-order valence-corrected chi connectivity index (χ0v) is 14.7. The molecule has 3 N–H and O–H groups in total. The first kappa shape index (κ1) is 16.9. The number of H-pyrrole nitrogens is 1. The summed E-state index contributed by atoms with van der Waals surface area (Å²) in [6.07, 6.45) is 1.41. The van der Waals surface area contributed by atoms with Gasteiger partial charge in [0.2, 0.25) is 0 Å². The quantitative estimate of drug-likeness (QED) is 0.362. The number of amides is 1. The molecule has 1 amide bonds. The van der Waals surface area contributed by atoms with Crippen LogP contribution in [0.4, 0.5) is 0 Å². The summed E-state index contributed by atoms with van der Waals surface area (Å²) >= 11 is 1.36. The number of carbonyl (C=O) groups is 1. The standard InChI is InChI=1S/C19H14N4O3S/c24-13-5-3-4-12(10-13)18(25)23-20-11-14-8-9-17(26-14)27-19-21-15-6-1-2-7-16(15)22-19/h1-11,24H,(H,21,22)(H,23,25)/b20-11+.